The summed E-state index contributed by atoms with van der Waals surface area (Å²) in [5.41, 5.74) is 2.94. The van der Waals surface area contributed by atoms with Crippen LogP contribution in [0.3, 0.4) is 0 Å². The molecule has 0 bridgehead atoms. The topological polar surface area (TPSA) is 49.8 Å². The molecule has 0 unspecified atom stereocenters. The van der Waals surface area contributed by atoms with Crippen LogP contribution < -0.4 is 10.6 Å². The van der Waals surface area contributed by atoms with Gasteiger partial charge in [-0.1, -0.05) is 0 Å². The number of hydrogen-bond acceptors (Lipinski definition) is 4. The van der Waals surface area contributed by atoms with Gasteiger partial charge in [-0.2, -0.15) is 0 Å². The van der Waals surface area contributed by atoms with E-state index in [2.05, 4.69) is 20.6 Å². The van der Waals surface area contributed by atoms with Crippen LogP contribution in [0, 0.1) is 12.7 Å². The minimum atomic E-state index is -0.336. The van der Waals surface area contributed by atoms with Crippen molar-refractivity contribution in [2.75, 3.05) is 11.9 Å². The Balaban J connectivity index is 1.83. The highest BCUT2D eigenvalue weighted by Crippen LogP contribution is 2.25. The Morgan fingerprint density at radius 1 is 1.35 bits per heavy atom. The predicted octanol–water partition coefficient (Wildman–Crippen LogP) is 3.09. The van der Waals surface area contributed by atoms with Gasteiger partial charge in [0.1, 0.15) is 11.6 Å². The third-order valence-corrected chi connectivity index (χ3v) is 3.39. The van der Waals surface area contributed by atoms with E-state index in [1.807, 2.05) is 19.1 Å². The molecule has 5 heteroatoms. The van der Waals surface area contributed by atoms with Gasteiger partial charge in [-0.25, -0.2) is 9.37 Å². The van der Waals surface area contributed by atoms with Crippen LogP contribution in [0.1, 0.15) is 30.3 Å². The summed E-state index contributed by atoms with van der Waals surface area (Å²) in [6.45, 7) is 3.02. The number of nitrogens with zero attached hydrogens (tertiary/aromatic N) is 2. The molecule has 1 aliphatic rings. The zero-order valence-electron chi connectivity index (χ0n) is 11.4. The largest absolute Gasteiger partial charge is 0.340 e. The Labute approximate surface area is 117 Å². The molecule has 104 valence electrons. The van der Waals surface area contributed by atoms with Crippen molar-refractivity contribution in [2.45, 2.75) is 25.8 Å². The van der Waals surface area contributed by atoms with Gasteiger partial charge in [0.15, 0.2) is 0 Å². The van der Waals surface area contributed by atoms with Crippen molar-refractivity contribution in [2.24, 2.45) is 0 Å². The summed E-state index contributed by atoms with van der Waals surface area (Å²) in [7, 11) is 0. The van der Waals surface area contributed by atoms with Crippen molar-refractivity contribution >= 4 is 11.5 Å². The van der Waals surface area contributed by atoms with Crippen LogP contribution in [0.5, 0.6) is 0 Å². The molecule has 2 aromatic rings. The van der Waals surface area contributed by atoms with Gasteiger partial charge in [0.2, 0.25) is 0 Å². The fraction of sp³-hybridized carbons (Fsp3) is 0.333. The molecule has 0 amide bonds. The Morgan fingerprint density at radius 3 is 2.95 bits per heavy atom. The van der Waals surface area contributed by atoms with Crippen molar-refractivity contribution in [1.82, 2.24) is 15.3 Å². The summed E-state index contributed by atoms with van der Waals surface area (Å²) in [6, 6.07) is 7.34. The van der Waals surface area contributed by atoms with Gasteiger partial charge < -0.3 is 10.6 Å². The van der Waals surface area contributed by atoms with E-state index in [0.717, 1.165) is 30.0 Å². The Morgan fingerprint density at radius 2 is 2.25 bits per heavy atom. The summed E-state index contributed by atoms with van der Waals surface area (Å²) in [5.74, 6) is 0.291. The summed E-state index contributed by atoms with van der Waals surface area (Å²) in [5, 5.41) is 6.63. The summed E-state index contributed by atoms with van der Waals surface area (Å²) in [6.07, 6.45) is 3.50. The molecule has 4 nitrogen and oxygen atoms in total. The highest BCUT2D eigenvalue weighted by molar-refractivity contribution is 5.57. The van der Waals surface area contributed by atoms with E-state index in [9.17, 15) is 4.39 Å². The second-order valence-electron chi connectivity index (χ2n) is 5.06. The van der Waals surface area contributed by atoms with Crippen LogP contribution in [-0.4, -0.2) is 16.5 Å². The first-order valence-corrected chi connectivity index (χ1v) is 6.81. The fourth-order valence-corrected chi connectivity index (χ4v) is 2.48. The number of pyridine rings is 2. The SMILES string of the molecule is Cc1cc(Nc2ccc(F)cn2)cc([C@@H]2CCCN2)n1. The molecule has 3 heterocycles. The van der Waals surface area contributed by atoms with Gasteiger partial charge in [-0.3, -0.25) is 4.98 Å². The third-order valence-electron chi connectivity index (χ3n) is 3.39. The summed E-state index contributed by atoms with van der Waals surface area (Å²) in [4.78, 5) is 8.60. The van der Waals surface area contributed by atoms with E-state index < -0.39 is 0 Å². The molecule has 2 N–H and O–H groups in total. The van der Waals surface area contributed by atoms with E-state index >= 15 is 0 Å². The minimum absolute atomic E-state index is 0.330. The average molecular weight is 272 g/mol. The van der Waals surface area contributed by atoms with Crippen molar-refractivity contribution in [3.63, 3.8) is 0 Å². The van der Waals surface area contributed by atoms with Crippen LogP contribution in [0.25, 0.3) is 0 Å². The predicted molar refractivity (Wildman–Crippen MR) is 76.4 cm³/mol. The number of aryl methyl sites for hydroxylation is 1. The maximum atomic E-state index is 12.8. The first-order valence-electron chi connectivity index (χ1n) is 6.81. The third kappa shape index (κ3) is 2.93. The molecule has 0 radical (unpaired) electrons. The lowest BCUT2D eigenvalue weighted by atomic mass is 10.1. The van der Waals surface area contributed by atoms with Crippen LogP contribution >= 0.6 is 0 Å². The van der Waals surface area contributed by atoms with Crippen molar-refractivity contribution < 1.29 is 4.39 Å². The van der Waals surface area contributed by atoms with Crippen LogP contribution in [-0.2, 0) is 0 Å². The first-order chi connectivity index (χ1) is 9.70. The quantitative estimate of drug-likeness (QED) is 0.901. The molecule has 0 aliphatic carbocycles. The number of hydrogen-bond donors (Lipinski definition) is 2. The lowest BCUT2D eigenvalue weighted by Crippen LogP contribution is -2.14. The van der Waals surface area contributed by atoms with Gasteiger partial charge >= 0.3 is 0 Å². The molecule has 1 saturated heterocycles. The van der Waals surface area contributed by atoms with Crippen molar-refractivity contribution in [3.05, 3.63) is 47.7 Å². The second kappa shape index (κ2) is 5.54. The van der Waals surface area contributed by atoms with Gasteiger partial charge in [0.25, 0.3) is 0 Å². The van der Waals surface area contributed by atoms with Gasteiger partial charge in [0.05, 0.1) is 11.9 Å². The maximum absolute atomic E-state index is 12.8. The summed E-state index contributed by atoms with van der Waals surface area (Å²) < 4.78 is 12.8. The molecule has 0 aromatic carbocycles. The molecule has 1 aliphatic heterocycles. The first kappa shape index (κ1) is 13.0. The van der Waals surface area contributed by atoms with E-state index in [1.54, 1.807) is 6.07 Å². The lowest BCUT2D eigenvalue weighted by molar-refractivity contribution is 0.622. The van der Waals surface area contributed by atoms with E-state index in [4.69, 9.17) is 0 Å². The summed E-state index contributed by atoms with van der Waals surface area (Å²) >= 11 is 0. The Kier molecular flexibility index (Phi) is 3.60. The molecule has 0 spiro atoms. The van der Waals surface area contributed by atoms with Gasteiger partial charge in [-0.15, -0.1) is 0 Å². The number of nitrogens with one attached hydrogen (secondary N) is 2. The van der Waals surface area contributed by atoms with Crippen LogP contribution in [0.4, 0.5) is 15.9 Å². The molecular formula is C15H17FN4. The second-order valence-corrected chi connectivity index (χ2v) is 5.06. The number of rotatable bonds is 3. The minimum Gasteiger partial charge on any atom is -0.340 e. The molecule has 3 rings (SSSR count). The standard InChI is InChI=1S/C15H17FN4/c1-10-7-12(20-15-5-4-11(16)9-18-15)8-14(19-10)13-3-2-6-17-13/h4-5,7-9,13,17H,2-3,6H2,1H3,(H,18,19,20)/t13-/m0/s1. The van der Waals surface area contributed by atoms with Gasteiger partial charge in [-0.05, 0) is 50.6 Å². The molecule has 20 heavy (non-hydrogen) atoms. The average Bonchev–Trinajstić information content (AvgIpc) is 2.95. The highest BCUT2D eigenvalue weighted by atomic mass is 19.1. The Hall–Kier alpha value is -2.01. The zero-order chi connectivity index (χ0) is 13.9. The van der Waals surface area contributed by atoms with Crippen molar-refractivity contribution in [1.29, 1.82) is 0 Å². The number of halogens is 1. The van der Waals surface area contributed by atoms with E-state index in [1.165, 1.54) is 18.7 Å². The highest BCUT2D eigenvalue weighted by Gasteiger charge is 2.18. The number of anilines is 2. The van der Waals surface area contributed by atoms with Gasteiger partial charge in [0, 0.05) is 17.4 Å². The van der Waals surface area contributed by atoms with E-state index in [-0.39, 0.29) is 5.82 Å². The molecule has 1 fully saturated rings. The van der Waals surface area contributed by atoms with Crippen molar-refractivity contribution in [3.8, 4) is 0 Å². The smallest absolute Gasteiger partial charge is 0.141 e. The Bertz CT molecular complexity index is 591. The van der Waals surface area contributed by atoms with E-state index in [0.29, 0.717) is 11.9 Å². The normalized spacial score (nSPS) is 18.2. The van der Waals surface area contributed by atoms with Crippen LogP contribution in [0.15, 0.2) is 30.5 Å². The molecular weight excluding hydrogens is 255 g/mol. The maximum Gasteiger partial charge on any atom is 0.141 e. The monoisotopic (exact) mass is 272 g/mol. The van der Waals surface area contributed by atoms with Crippen LogP contribution in [0.2, 0.25) is 0 Å². The molecule has 1 atom stereocenters. The number of aromatic nitrogens is 2. The molecule has 0 saturated carbocycles. The zero-order valence-corrected chi connectivity index (χ0v) is 11.4. The fourth-order valence-electron chi connectivity index (χ4n) is 2.48. The lowest BCUT2D eigenvalue weighted by Gasteiger charge is -2.13. The molecule has 2 aromatic heterocycles.